The van der Waals surface area contributed by atoms with E-state index >= 15 is 0 Å². The molecule has 2 aromatic carbocycles. The van der Waals surface area contributed by atoms with Crippen LogP contribution in [-0.4, -0.2) is 16.9 Å². The Morgan fingerprint density at radius 2 is 1.36 bits per heavy atom. The summed E-state index contributed by atoms with van der Waals surface area (Å²) in [6.45, 7) is 0. The lowest BCUT2D eigenvalue weighted by Crippen LogP contribution is -2.51. The highest BCUT2D eigenvalue weighted by molar-refractivity contribution is 7.80. The molecule has 0 spiro atoms. The van der Waals surface area contributed by atoms with Crippen LogP contribution >= 0.6 is 12.2 Å². The van der Waals surface area contributed by atoms with Crippen molar-refractivity contribution in [3.8, 4) is 0 Å². The molecule has 0 radical (unpaired) electrons. The summed E-state index contributed by atoms with van der Waals surface area (Å²) < 4.78 is 0. The third-order valence-electron chi connectivity index (χ3n) is 5.04. The zero-order chi connectivity index (χ0) is 19.8. The molecule has 2 aromatic rings. The Morgan fingerprint density at radius 3 is 1.89 bits per heavy atom. The summed E-state index contributed by atoms with van der Waals surface area (Å²) in [5.41, 5.74) is 7.05. The number of rotatable bonds is 4. The molecule has 6 heteroatoms. The molecule has 3 N–H and O–H groups in total. The van der Waals surface area contributed by atoms with Gasteiger partial charge in [-0.05, 0) is 36.2 Å². The lowest BCUT2D eigenvalue weighted by Gasteiger charge is -2.22. The molecule has 28 heavy (non-hydrogen) atoms. The standard InChI is InChI=1S/C22H25N3O2S/c26-20(18-14-8-3-9-15-18)24-25-22(28)23-21(27)19(16-10-4-1-5-11-16)17-12-6-2-7-13-17/h1-2,4-7,10-13,18-19H,3,8-9,14-15H2,(H,24,26)(H2,23,25,27,28). The van der Waals surface area contributed by atoms with Gasteiger partial charge in [0.2, 0.25) is 11.8 Å². The van der Waals surface area contributed by atoms with E-state index in [0.29, 0.717) is 0 Å². The number of amides is 2. The van der Waals surface area contributed by atoms with Gasteiger partial charge in [-0.1, -0.05) is 79.9 Å². The number of nitrogens with one attached hydrogen (secondary N) is 3. The second-order valence-electron chi connectivity index (χ2n) is 7.02. The van der Waals surface area contributed by atoms with Gasteiger partial charge in [-0.2, -0.15) is 0 Å². The first kappa shape index (κ1) is 20.0. The molecular formula is C22H25N3O2S. The van der Waals surface area contributed by atoms with E-state index in [4.69, 9.17) is 12.2 Å². The lowest BCUT2D eigenvalue weighted by atomic mass is 9.89. The van der Waals surface area contributed by atoms with Gasteiger partial charge in [0.25, 0.3) is 0 Å². The summed E-state index contributed by atoms with van der Waals surface area (Å²) >= 11 is 5.21. The Hall–Kier alpha value is -2.73. The molecule has 2 amide bonds. The highest BCUT2D eigenvalue weighted by Gasteiger charge is 2.24. The van der Waals surface area contributed by atoms with Crippen molar-refractivity contribution in [1.82, 2.24) is 16.2 Å². The molecule has 1 fully saturated rings. The minimum atomic E-state index is -0.490. The van der Waals surface area contributed by atoms with Gasteiger partial charge in [-0.15, -0.1) is 0 Å². The number of hydrogen-bond donors (Lipinski definition) is 3. The smallest absolute Gasteiger partial charge is 0.241 e. The van der Waals surface area contributed by atoms with Crippen molar-refractivity contribution in [2.24, 2.45) is 5.92 Å². The molecule has 1 aliphatic carbocycles. The topological polar surface area (TPSA) is 70.2 Å². The Kier molecular flexibility index (Phi) is 7.14. The van der Waals surface area contributed by atoms with Crippen molar-refractivity contribution in [2.45, 2.75) is 38.0 Å². The summed E-state index contributed by atoms with van der Waals surface area (Å²) in [7, 11) is 0. The zero-order valence-corrected chi connectivity index (χ0v) is 16.5. The Labute approximate surface area is 170 Å². The normalized spacial score (nSPS) is 14.3. The zero-order valence-electron chi connectivity index (χ0n) is 15.7. The van der Waals surface area contributed by atoms with Crippen LogP contribution in [0.15, 0.2) is 60.7 Å². The first-order chi connectivity index (χ1) is 13.6. The first-order valence-corrected chi connectivity index (χ1v) is 10.1. The van der Waals surface area contributed by atoms with Crippen LogP contribution in [0.5, 0.6) is 0 Å². The fourth-order valence-electron chi connectivity index (χ4n) is 3.59. The summed E-state index contributed by atoms with van der Waals surface area (Å²) in [6.07, 6.45) is 5.14. The lowest BCUT2D eigenvalue weighted by molar-refractivity contribution is -0.126. The molecule has 0 bridgehead atoms. The van der Waals surface area contributed by atoms with Crippen LogP contribution in [0.4, 0.5) is 0 Å². The average molecular weight is 396 g/mol. The molecular weight excluding hydrogens is 370 g/mol. The average Bonchev–Trinajstić information content (AvgIpc) is 2.74. The minimum absolute atomic E-state index is 0.0149. The van der Waals surface area contributed by atoms with E-state index in [2.05, 4.69) is 16.2 Å². The molecule has 3 rings (SSSR count). The quantitative estimate of drug-likeness (QED) is 0.548. The molecule has 146 valence electrons. The van der Waals surface area contributed by atoms with Crippen LogP contribution in [0.1, 0.15) is 49.1 Å². The Balaban J connectivity index is 1.61. The third kappa shape index (κ3) is 5.39. The monoisotopic (exact) mass is 395 g/mol. The molecule has 0 unspecified atom stereocenters. The van der Waals surface area contributed by atoms with Crippen LogP contribution in [0, 0.1) is 5.92 Å². The van der Waals surface area contributed by atoms with Gasteiger partial charge in [0, 0.05) is 5.92 Å². The molecule has 0 aromatic heterocycles. The molecule has 1 saturated carbocycles. The van der Waals surface area contributed by atoms with Gasteiger partial charge >= 0.3 is 0 Å². The Bertz CT molecular complexity index is 766. The van der Waals surface area contributed by atoms with Crippen molar-refractivity contribution in [1.29, 1.82) is 0 Å². The number of hydrogen-bond acceptors (Lipinski definition) is 3. The summed E-state index contributed by atoms with van der Waals surface area (Å²) in [4.78, 5) is 25.2. The fourth-order valence-corrected chi connectivity index (χ4v) is 3.74. The number of hydrazine groups is 1. The second kappa shape index (κ2) is 9.99. The van der Waals surface area contributed by atoms with Gasteiger partial charge in [0.15, 0.2) is 5.11 Å². The van der Waals surface area contributed by atoms with Crippen LogP contribution in [0.3, 0.4) is 0 Å². The summed E-state index contributed by atoms with van der Waals surface area (Å²) in [6, 6.07) is 19.1. The van der Waals surface area contributed by atoms with Crippen molar-refractivity contribution in [3.63, 3.8) is 0 Å². The highest BCUT2D eigenvalue weighted by atomic mass is 32.1. The van der Waals surface area contributed by atoms with Crippen molar-refractivity contribution < 1.29 is 9.59 Å². The molecule has 0 saturated heterocycles. The van der Waals surface area contributed by atoms with E-state index in [0.717, 1.165) is 36.8 Å². The largest absolute Gasteiger partial charge is 0.301 e. The van der Waals surface area contributed by atoms with Gasteiger partial charge in [0.1, 0.15) is 0 Å². The van der Waals surface area contributed by atoms with Gasteiger partial charge in [-0.3, -0.25) is 20.4 Å². The van der Waals surface area contributed by atoms with Crippen LogP contribution < -0.4 is 16.2 Å². The van der Waals surface area contributed by atoms with Crippen molar-refractivity contribution >= 4 is 29.1 Å². The molecule has 1 aliphatic rings. The summed E-state index contributed by atoms with van der Waals surface area (Å²) in [5.74, 6) is -0.793. The SMILES string of the molecule is O=C(NNC(=S)NC(=O)C(c1ccccc1)c1ccccc1)C1CCCCC1. The molecule has 0 aliphatic heterocycles. The predicted molar refractivity (Wildman–Crippen MR) is 113 cm³/mol. The van der Waals surface area contributed by atoms with Crippen LogP contribution in [-0.2, 0) is 9.59 Å². The molecule has 0 heterocycles. The van der Waals surface area contributed by atoms with Crippen LogP contribution in [0.2, 0.25) is 0 Å². The minimum Gasteiger partial charge on any atom is -0.301 e. The van der Waals surface area contributed by atoms with E-state index in [1.165, 1.54) is 6.42 Å². The van der Waals surface area contributed by atoms with E-state index in [9.17, 15) is 9.59 Å². The molecule has 0 atom stereocenters. The third-order valence-corrected chi connectivity index (χ3v) is 5.24. The van der Waals surface area contributed by atoms with Crippen molar-refractivity contribution in [2.75, 3.05) is 0 Å². The Morgan fingerprint density at radius 1 is 0.821 bits per heavy atom. The number of benzene rings is 2. The fraction of sp³-hybridized carbons (Fsp3) is 0.318. The van der Waals surface area contributed by atoms with E-state index in [1.54, 1.807) is 0 Å². The van der Waals surface area contributed by atoms with E-state index in [1.807, 2.05) is 60.7 Å². The van der Waals surface area contributed by atoms with E-state index < -0.39 is 5.92 Å². The highest BCUT2D eigenvalue weighted by Crippen LogP contribution is 2.25. The maximum Gasteiger partial charge on any atom is 0.241 e. The predicted octanol–water partition coefficient (Wildman–Crippen LogP) is 3.42. The number of carbonyl (C=O) groups is 2. The second-order valence-corrected chi connectivity index (χ2v) is 7.43. The van der Waals surface area contributed by atoms with E-state index in [-0.39, 0.29) is 22.8 Å². The summed E-state index contributed by atoms with van der Waals surface area (Å²) in [5, 5.41) is 2.79. The van der Waals surface area contributed by atoms with Crippen LogP contribution in [0.25, 0.3) is 0 Å². The maximum absolute atomic E-state index is 12.9. The van der Waals surface area contributed by atoms with Crippen molar-refractivity contribution in [3.05, 3.63) is 71.8 Å². The number of carbonyl (C=O) groups excluding carboxylic acids is 2. The molecule has 5 nitrogen and oxygen atoms in total. The van der Waals surface area contributed by atoms with Gasteiger partial charge in [-0.25, -0.2) is 0 Å². The first-order valence-electron chi connectivity index (χ1n) is 9.65. The van der Waals surface area contributed by atoms with Gasteiger partial charge in [0.05, 0.1) is 5.92 Å². The van der Waals surface area contributed by atoms with Gasteiger partial charge < -0.3 is 5.32 Å². The maximum atomic E-state index is 12.9. The number of thiocarbonyl (C=S) groups is 1.